The fraction of sp³-hybridized carbons (Fsp3) is 0.372. The third kappa shape index (κ3) is 9.15. The summed E-state index contributed by atoms with van der Waals surface area (Å²) < 4.78 is 44.1. The summed E-state index contributed by atoms with van der Waals surface area (Å²) in [6.07, 6.45) is 5.01. The zero-order chi connectivity index (χ0) is 42.0. The molecule has 0 bridgehead atoms. The lowest BCUT2D eigenvalue weighted by atomic mass is 9.86. The van der Waals surface area contributed by atoms with Gasteiger partial charge in [-0.05, 0) is 113 Å². The number of hydrogen-bond acceptors (Lipinski definition) is 12. The van der Waals surface area contributed by atoms with Crippen molar-refractivity contribution in [3.05, 3.63) is 88.8 Å². The van der Waals surface area contributed by atoms with Gasteiger partial charge in [-0.2, -0.15) is 4.98 Å². The zero-order valence-electron chi connectivity index (χ0n) is 33.5. The van der Waals surface area contributed by atoms with Crippen molar-refractivity contribution in [2.24, 2.45) is 0 Å². The molecule has 2 fully saturated rings. The standard InChI is InChI=1S/C43H47ClN6O8S/c1-24(2)58-37-20-30(26(5)18-35(37)47-43-45-21-33(44)41(49-43)46-34-8-6-7-9-38(34)59(54,55)25(3)4)27-14-16-50(17-15-27)40(52)23-56-28-10-12-36-31(19-28)32(22-57-36)29-11-13-39(51)48-42(29)53/h6-10,12,18-22,24-25,27,29H,11,13-17,23H2,1-5H3,(H,48,51,53)(H2,45,46,47,49). The van der Waals surface area contributed by atoms with Crippen LogP contribution in [0, 0.1) is 6.92 Å². The highest BCUT2D eigenvalue weighted by Crippen LogP contribution is 2.39. The molecule has 0 aliphatic carbocycles. The minimum absolute atomic E-state index is 0.122. The lowest BCUT2D eigenvalue weighted by Crippen LogP contribution is -2.40. The lowest BCUT2D eigenvalue weighted by molar-refractivity contribution is -0.135. The van der Waals surface area contributed by atoms with Crippen molar-refractivity contribution in [1.29, 1.82) is 0 Å². The first-order chi connectivity index (χ1) is 28.2. The van der Waals surface area contributed by atoms with Crippen molar-refractivity contribution in [2.45, 2.75) is 88.4 Å². The van der Waals surface area contributed by atoms with Gasteiger partial charge in [0, 0.05) is 30.5 Å². The molecule has 2 aliphatic rings. The largest absolute Gasteiger partial charge is 0.489 e. The summed E-state index contributed by atoms with van der Waals surface area (Å²) in [5.41, 5.74) is 4.43. The molecule has 310 valence electrons. The number of benzene rings is 3. The molecule has 0 radical (unpaired) electrons. The van der Waals surface area contributed by atoms with E-state index < -0.39 is 21.0 Å². The van der Waals surface area contributed by atoms with Crippen LogP contribution >= 0.6 is 11.6 Å². The number of nitrogens with one attached hydrogen (secondary N) is 3. The summed E-state index contributed by atoms with van der Waals surface area (Å²) in [5, 5.41) is 9.07. The molecule has 14 nitrogen and oxygen atoms in total. The second-order valence-corrected chi connectivity index (χ2v) is 18.3. The molecule has 16 heteroatoms. The van der Waals surface area contributed by atoms with E-state index in [2.05, 4.69) is 25.9 Å². The number of sulfone groups is 1. The molecule has 2 aromatic heterocycles. The summed E-state index contributed by atoms with van der Waals surface area (Å²) >= 11 is 6.49. The summed E-state index contributed by atoms with van der Waals surface area (Å²) in [5.74, 6) is 0.495. The van der Waals surface area contributed by atoms with Crippen molar-refractivity contribution >= 4 is 73.3 Å². The Hall–Kier alpha value is -5.67. The van der Waals surface area contributed by atoms with Crippen molar-refractivity contribution in [1.82, 2.24) is 20.2 Å². The summed E-state index contributed by atoms with van der Waals surface area (Å²) in [7, 11) is -3.59. The molecule has 5 aromatic rings. The highest BCUT2D eigenvalue weighted by Gasteiger charge is 2.31. The van der Waals surface area contributed by atoms with Crippen LogP contribution in [0.25, 0.3) is 11.0 Å². The lowest BCUT2D eigenvalue weighted by Gasteiger charge is -2.33. The Morgan fingerprint density at radius 2 is 1.76 bits per heavy atom. The fourth-order valence-corrected chi connectivity index (χ4v) is 8.82. The van der Waals surface area contributed by atoms with Gasteiger partial charge >= 0.3 is 0 Å². The van der Waals surface area contributed by atoms with E-state index in [9.17, 15) is 22.8 Å². The highest BCUT2D eigenvalue weighted by molar-refractivity contribution is 7.92. The monoisotopic (exact) mass is 842 g/mol. The molecule has 3 amide bonds. The van der Waals surface area contributed by atoms with Gasteiger partial charge in [-0.15, -0.1) is 0 Å². The topological polar surface area (TPSA) is 182 Å². The van der Waals surface area contributed by atoms with E-state index in [4.69, 9.17) is 25.5 Å². The molecule has 3 N–H and O–H groups in total. The van der Waals surface area contributed by atoms with Crippen LogP contribution in [0.1, 0.15) is 81.9 Å². The number of rotatable bonds is 13. The van der Waals surface area contributed by atoms with Crippen LogP contribution in [0.4, 0.5) is 23.1 Å². The second-order valence-electron chi connectivity index (χ2n) is 15.4. The number of piperidine rings is 2. The number of imide groups is 1. The number of carbonyl (C=O) groups is 3. The minimum Gasteiger partial charge on any atom is -0.489 e. The van der Waals surface area contributed by atoms with E-state index in [0.29, 0.717) is 58.9 Å². The van der Waals surface area contributed by atoms with Gasteiger partial charge in [-0.25, -0.2) is 13.4 Å². The average Bonchev–Trinajstić information content (AvgIpc) is 3.62. The summed E-state index contributed by atoms with van der Waals surface area (Å²) in [6, 6.07) is 15.9. The predicted molar refractivity (Wildman–Crippen MR) is 225 cm³/mol. The molecular weight excluding hydrogens is 796 g/mol. The molecule has 2 saturated heterocycles. The second kappa shape index (κ2) is 17.3. The van der Waals surface area contributed by atoms with Crippen LogP contribution in [-0.2, 0) is 24.2 Å². The maximum absolute atomic E-state index is 13.3. The predicted octanol–water partition coefficient (Wildman–Crippen LogP) is 7.95. The van der Waals surface area contributed by atoms with Crippen molar-refractivity contribution in [2.75, 3.05) is 30.3 Å². The van der Waals surface area contributed by atoms with E-state index in [1.54, 1.807) is 62.6 Å². The van der Waals surface area contributed by atoms with Crippen LogP contribution in [0.2, 0.25) is 5.02 Å². The van der Waals surface area contributed by atoms with E-state index in [1.807, 2.05) is 37.8 Å². The van der Waals surface area contributed by atoms with Crippen LogP contribution in [0.15, 0.2) is 76.4 Å². The van der Waals surface area contributed by atoms with E-state index >= 15 is 0 Å². The van der Waals surface area contributed by atoms with Gasteiger partial charge in [-0.3, -0.25) is 19.7 Å². The Kier molecular flexibility index (Phi) is 12.1. The Bertz CT molecular complexity index is 2520. The molecule has 0 saturated carbocycles. The van der Waals surface area contributed by atoms with Gasteiger partial charge < -0.3 is 29.4 Å². The summed E-state index contributed by atoms with van der Waals surface area (Å²) in [4.78, 5) is 48.5. The quantitative estimate of drug-likeness (QED) is 0.0975. The van der Waals surface area contributed by atoms with Crippen LogP contribution in [-0.4, -0.2) is 72.1 Å². The van der Waals surface area contributed by atoms with Gasteiger partial charge in [0.1, 0.15) is 22.1 Å². The average molecular weight is 843 g/mol. The molecule has 2 aliphatic heterocycles. The maximum Gasteiger partial charge on any atom is 0.260 e. The Morgan fingerprint density at radius 3 is 2.49 bits per heavy atom. The zero-order valence-corrected chi connectivity index (χ0v) is 35.1. The summed E-state index contributed by atoms with van der Waals surface area (Å²) in [6.45, 7) is 10.2. The Balaban J connectivity index is 1.01. The number of ether oxygens (including phenoxy) is 2. The number of anilines is 4. The van der Waals surface area contributed by atoms with Crippen LogP contribution in [0.3, 0.4) is 0 Å². The number of halogens is 1. The number of aromatic nitrogens is 2. The van der Waals surface area contributed by atoms with E-state index in [0.717, 1.165) is 24.0 Å². The maximum atomic E-state index is 13.3. The van der Waals surface area contributed by atoms with Crippen molar-refractivity contribution in [3.8, 4) is 11.5 Å². The van der Waals surface area contributed by atoms with Crippen molar-refractivity contribution in [3.63, 3.8) is 0 Å². The van der Waals surface area contributed by atoms with Gasteiger partial charge in [-0.1, -0.05) is 23.7 Å². The fourth-order valence-electron chi connectivity index (χ4n) is 7.48. The van der Waals surface area contributed by atoms with Gasteiger partial charge in [0.2, 0.25) is 17.8 Å². The minimum atomic E-state index is -3.59. The molecule has 1 unspecified atom stereocenters. The SMILES string of the molecule is Cc1cc(Nc2ncc(Cl)c(Nc3ccccc3S(=O)(=O)C(C)C)n2)c(OC(C)C)cc1C1CCN(C(=O)COc2ccc3occ(C4CCC(=O)NC4=O)c3c2)CC1. The first kappa shape index (κ1) is 41.5. The van der Waals surface area contributed by atoms with Gasteiger partial charge in [0.25, 0.3) is 5.91 Å². The normalized spacial score (nSPS) is 16.4. The Morgan fingerprint density at radius 1 is 1.00 bits per heavy atom. The molecule has 0 spiro atoms. The number of hydrogen-bond donors (Lipinski definition) is 3. The number of fused-ring (bicyclic) bond motifs is 1. The number of carbonyl (C=O) groups excluding carboxylic acids is 3. The van der Waals surface area contributed by atoms with Crippen LogP contribution in [0.5, 0.6) is 11.5 Å². The number of para-hydroxylation sites is 1. The molecule has 1 atom stereocenters. The molecular formula is C43H47ClN6O8S. The third-order valence-electron chi connectivity index (χ3n) is 10.6. The van der Waals surface area contributed by atoms with Gasteiger partial charge in [0.15, 0.2) is 22.3 Å². The van der Waals surface area contributed by atoms with Crippen molar-refractivity contribution < 1.29 is 36.7 Å². The van der Waals surface area contributed by atoms with E-state index in [-0.39, 0.29) is 64.5 Å². The number of amides is 3. The highest BCUT2D eigenvalue weighted by atomic mass is 35.5. The molecule has 3 aromatic carbocycles. The van der Waals surface area contributed by atoms with E-state index in [1.165, 1.54) is 6.20 Å². The molecule has 59 heavy (non-hydrogen) atoms. The number of likely N-dealkylation sites (tertiary alicyclic amines) is 1. The first-order valence-corrected chi connectivity index (χ1v) is 21.6. The smallest absolute Gasteiger partial charge is 0.260 e. The third-order valence-corrected chi connectivity index (χ3v) is 13.1. The number of furan rings is 1. The molecule has 4 heterocycles. The first-order valence-electron chi connectivity index (χ1n) is 19.6. The number of aryl methyl sites for hydroxylation is 1. The number of nitrogens with zero attached hydrogens (tertiary/aromatic N) is 3. The Labute approximate surface area is 347 Å². The van der Waals surface area contributed by atoms with Gasteiger partial charge in [0.05, 0.1) is 46.0 Å². The van der Waals surface area contributed by atoms with Crippen LogP contribution < -0.4 is 25.4 Å². The molecule has 7 rings (SSSR count).